The Kier molecular flexibility index (Phi) is 4.15. The first-order chi connectivity index (χ1) is 9.08. The van der Waals surface area contributed by atoms with Crippen LogP contribution in [0.5, 0.6) is 0 Å². The Bertz CT molecular complexity index is 538. The van der Waals surface area contributed by atoms with Crippen molar-refractivity contribution in [3.05, 3.63) is 33.1 Å². The van der Waals surface area contributed by atoms with Crippen molar-refractivity contribution < 1.29 is 19.3 Å². The number of hydrogen-bond donors (Lipinski definition) is 2. The second-order valence-corrected chi connectivity index (χ2v) is 4.23. The number of rotatable bonds is 4. The first kappa shape index (κ1) is 13.9. The van der Waals surface area contributed by atoms with E-state index in [0.29, 0.717) is 0 Å². The molecular weight excluding hydrogens is 256 g/mol. The van der Waals surface area contributed by atoms with Gasteiger partial charge in [0.25, 0.3) is 5.56 Å². The largest absolute Gasteiger partial charge is 0.386 e. The third-order valence-corrected chi connectivity index (χ3v) is 3.04. The van der Waals surface area contributed by atoms with Crippen molar-refractivity contribution in [3.8, 4) is 0 Å². The first-order valence-electron chi connectivity index (χ1n) is 5.75. The summed E-state index contributed by atoms with van der Waals surface area (Å²) in [7, 11) is 2.94. The van der Waals surface area contributed by atoms with Crippen molar-refractivity contribution in [2.45, 2.75) is 24.5 Å². The molecule has 106 valence electrons. The fourth-order valence-corrected chi connectivity index (χ4v) is 2.17. The van der Waals surface area contributed by atoms with Gasteiger partial charge in [-0.2, -0.15) is 0 Å². The molecule has 1 saturated heterocycles. The lowest BCUT2D eigenvalue weighted by Crippen LogP contribution is -2.38. The van der Waals surface area contributed by atoms with Gasteiger partial charge in [-0.15, -0.1) is 0 Å². The maximum absolute atomic E-state index is 11.7. The molecule has 0 bridgehead atoms. The standard InChI is InChI=1S/C11H16N2O6/c1-17-5-6-9(18-2)8(15)10(19-6)13-4-3-7(14)12-11(13)16/h3-4,6,8-10,15H,5H2,1-2H3,(H,12,14,16)/t6-,8-,9-,10-/m1/s1. The summed E-state index contributed by atoms with van der Waals surface area (Å²) >= 11 is 0. The summed E-state index contributed by atoms with van der Waals surface area (Å²) in [6.45, 7) is 0.226. The number of aromatic nitrogens is 2. The van der Waals surface area contributed by atoms with Crippen LogP contribution in [0.1, 0.15) is 6.23 Å². The number of aromatic amines is 1. The molecule has 8 nitrogen and oxygen atoms in total. The van der Waals surface area contributed by atoms with E-state index in [1.165, 1.54) is 26.5 Å². The Morgan fingerprint density at radius 3 is 2.79 bits per heavy atom. The van der Waals surface area contributed by atoms with Crippen LogP contribution >= 0.6 is 0 Å². The van der Waals surface area contributed by atoms with Crippen molar-refractivity contribution in [1.29, 1.82) is 0 Å². The van der Waals surface area contributed by atoms with Crippen LogP contribution in [0.2, 0.25) is 0 Å². The van der Waals surface area contributed by atoms with Gasteiger partial charge in [0.15, 0.2) is 6.23 Å². The van der Waals surface area contributed by atoms with Crippen LogP contribution in [0.25, 0.3) is 0 Å². The minimum absolute atomic E-state index is 0.226. The van der Waals surface area contributed by atoms with Gasteiger partial charge in [-0.1, -0.05) is 0 Å². The van der Waals surface area contributed by atoms with E-state index in [0.717, 1.165) is 4.57 Å². The predicted molar refractivity (Wildman–Crippen MR) is 63.9 cm³/mol. The highest BCUT2D eigenvalue weighted by Gasteiger charge is 2.45. The third kappa shape index (κ3) is 2.61. The molecule has 0 unspecified atom stereocenters. The molecule has 0 spiro atoms. The minimum atomic E-state index is -1.03. The summed E-state index contributed by atoms with van der Waals surface area (Å²) in [6, 6.07) is 1.18. The summed E-state index contributed by atoms with van der Waals surface area (Å²) in [4.78, 5) is 24.8. The van der Waals surface area contributed by atoms with Gasteiger partial charge in [0.1, 0.15) is 18.3 Å². The second kappa shape index (κ2) is 5.66. The third-order valence-electron chi connectivity index (χ3n) is 3.04. The molecule has 8 heteroatoms. The number of hydrogen-bond acceptors (Lipinski definition) is 6. The summed E-state index contributed by atoms with van der Waals surface area (Å²) in [5.41, 5.74) is -1.16. The van der Waals surface area contributed by atoms with E-state index in [2.05, 4.69) is 4.98 Å². The Balaban J connectivity index is 2.30. The normalized spacial score (nSPS) is 30.7. The maximum Gasteiger partial charge on any atom is 0.330 e. The number of H-pyrrole nitrogens is 1. The highest BCUT2D eigenvalue weighted by molar-refractivity contribution is 4.93. The van der Waals surface area contributed by atoms with Crippen LogP contribution in [-0.4, -0.2) is 53.8 Å². The zero-order valence-corrected chi connectivity index (χ0v) is 10.6. The molecular formula is C11H16N2O6. The molecule has 0 amide bonds. The van der Waals surface area contributed by atoms with E-state index in [1.54, 1.807) is 0 Å². The van der Waals surface area contributed by atoms with Gasteiger partial charge in [-0.3, -0.25) is 14.3 Å². The molecule has 1 fully saturated rings. The Labute approximate surface area is 108 Å². The van der Waals surface area contributed by atoms with E-state index in [4.69, 9.17) is 14.2 Å². The lowest BCUT2D eigenvalue weighted by molar-refractivity contribution is -0.0640. The Morgan fingerprint density at radius 1 is 1.47 bits per heavy atom. The quantitative estimate of drug-likeness (QED) is 0.688. The number of methoxy groups -OCH3 is 2. The average Bonchev–Trinajstić information content (AvgIpc) is 2.66. The highest BCUT2D eigenvalue weighted by Crippen LogP contribution is 2.29. The van der Waals surface area contributed by atoms with Crippen molar-refractivity contribution >= 4 is 0 Å². The van der Waals surface area contributed by atoms with Crippen LogP contribution in [-0.2, 0) is 14.2 Å². The van der Waals surface area contributed by atoms with E-state index >= 15 is 0 Å². The van der Waals surface area contributed by atoms with Gasteiger partial charge >= 0.3 is 5.69 Å². The number of nitrogens with zero attached hydrogens (tertiary/aromatic N) is 1. The smallest absolute Gasteiger partial charge is 0.330 e. The minimum Gasteiger partial charge on any atom is -0.386 e. The van der Waals surface area contributed by atoms with E-state index in [9.17, 15) is 14.7 Å². The maximum atomic E-state index is 11.7. The lowest BCUT2D eigenvalue weighted by atomic mass is 10.1. The zero-order valence-electron chi connectivity index (χ0n) is 10.6. The average molecular weight is 272 g/mol. The van der Waals surface area contributed by atoms with Crippen LogP contribution in [0.3, 0.4) is 0 Å². The van der Waals surface area contributed by atoms with Gasteiger partial charge < -0.3 is 19.3 Å². The van der Waals surface area contributed by atoms with Crippen LogP contribution in [0.4, 0.5) is 0 Å². The van der Waals surface area contributed by atoms with Crippen LogP contribution in [0.15, 0.2) is 21.9 Å². The van der Waals surface area contributed by atoms with E-state index < -0.39 is 35.8 Å². The van der Waals surface area contributed by atoms with Gasteiger partial charge in [-0.25, -0.2) is 4.79 Å². The summed E-state index contributed by atoms with van der Waals surface area (Å²) in [5, 5.41) is 10.1. The molecule has 0 aromatic carbocycles. The molecule has 4 atom stereocenters. The molecule has 1 aromatic rings. The molecule has 0 aliphatic carbocycles. The van der Waals surface area contributed by atoms with E-state index in [1.807, 2.05) is 0 Å². The molecule has 0 saturated carbocycles. The number of aliphatic hydroxyl groups excluding tert-OH is 1. The molecule has 1 aliphatic rings. The molecule has 2 heterocycles. The monoisotopic (exact) mass is 272 g/mol. The predicted octanol–water partition coefficient (Wildman–Crippen LogP) is -1.54. The van der Waals surface area contributed by atoms with E-state index in [-0.39, 0.29) is 6.61 Å². The van der Waals surface area contributed by atoms with Crippen molar-refractivity contribution in [1.82, 2.24) is 9.55 Å². The summed E-state index contributed by atoms with van der Waals surface area (Å²) < 4.78 is 16.8. The van der Waals surface area contributed by atoms with Gasteiger partial charge in [0.2, 0.25) is 0 Å². The first-order valence-corrected chi connectivity index (χ1v) is 5.75. The number of ether oxygens (including phenoxy) is 3. The SMILES string of the molecule is COC[C@H]1O[C@@H](n2ccc(=O)[nH]c2=O)[C@H](O)[C@@H]1OC. The van der Waals surface area contributed by atoms with Crippen molar-refractivity contribution in [2.75, 3.05) is 20.8 Å². The van der Waals surface area contributed by atoms with Gasteiger partial charge in [0.05, 0.1) is 6.61 Å². The Hall–Kier alpha value is -1.48. The molecule has 2 rings (SSSR count). The fourth-order valence-electron chi connectivity index (χ4n) is 2.17. The summed E-state index contributed by atoms with van der Waals surface area (Å²) in [5.74, 6) is 0. The van der Waals surface area contributed by atoms with Gasteiger partial charge in [0, 0.05) is 26.5 Å². The summed E-state index contributed by atoms with van der Waals surface area (Å²) in [6.07, 6.45) is -1.78. The van der Waals surface area contributed by atoms with Gasteiger partial charge in [-0.05, 0) is 0 Å². The van der Waals surface area contributed by atoms with Crippen molar-refractivity contribution in [2.24, 2.45) is 0 Å². The fraction of sp³-hybridized carbons (Fsp3) is 0.636. The molecule has 2 N–H and O–H groups in total. The molecule has 0 radical (unpaired) electrons. The molecule has 1 aliphatic heterocycles. The zero-order chi connectivity index (χ0) is 14.0. The highest BCUT2D eigenvalue weighted by atomic mass is 16.6. The lowest BCUT2D eigenvalue weighted by Gasteiger charge is -2.18. The molecule has 19 heavy (non-hydrogen) atoms. The topological polar surface area (TPSA) is 103 Å². The second-order valence-electron chi connectivity index (χ2n) is 4.23. The van der Waals surface area contributed by atoms with Crippen LogP contribution < -0.4 is 11.2 Å². The number of nitrogens with one attached hydrogen (secondary N) is 1. The Morgan fingerprint density at radius 2 is 2.21 bits per heavy atom. The van der Waals surface area contributed by atoms with Crippen molar-refractivity contribution in [3.63, 3.8) is 0 Å². The molecule has 1 aromatic heterocycles. The number of aliphatic hydroxyl groups is 1. The van der Waals surface area contributed by atoms with Crippen LogP contribution in [0, 0.1) is 0 Å².